The van der Waals surface area contributed by atoms with Gasteiger partial charge in [0.25, 0.3) is 0 Å². The van der Waals surface area contributed by atoms with E-state index in [4.69, 9.17) is 14.2 Å². The van der Waals surface area contributed by atoms with Crippen molar-refractivity contribution in [3.63, 3.8) is 0 Å². The van der Waals surface area contributed by atoms with Crippen molar-refractivity contribution in [2.24, 2.45) is 0 Å². The van der Waals surface area contributed by atoms with E-state index in [0.29, 0.717) is 19.3 Å². The van der Waals surface area contributed by atoms with Gasteiger partial charge < -0.3 is 14.2 Å². The van der Waals surface area contributed by atoms with Gasteiger partial charge in [-0.1, -0.05) is 174 Å². The highest BCUT2D eigenvalue weighted by Crippen LogP contribution is 2.14. The Kier molecular flexibility index (Phi) is 37.5. The van der Waals surface area contributed by atoms with Gasteiger partial charge in [-0.2, -0.15) is 0 Å². The minimum atomic E-state index is -0.761. The standard InChI is InChI=1S/C43H80O6/c1-4-7-10-12-14-16-18-20-21-23-24-26-28-30-33-36-42(45)48-39-40(38-47-41(44)35-32-9-6-3)49-43(46)37-34-31-29-27-25-22-19-17-15-13-11-8-5-2/h20-21,40H,4-19,22-39H2,1-3H3/b21-20-. The van der Waals surface area contributed by atoms with Crippen molar-refractivity contribution in [3.8, 4) is 0 Å². The molecule has 0 aromatic heterocycles. The molecular formula is C43H80O6. The molecule has 1 atom stereocenters. The maximum Gasteiger partial charge on any atom is 0.306 e. The van der Waals surface area contributed by atoms with Gasteiger partial charge in [-0.15, -0.1) is 0 Å². The molecule has 6 heteroatoms. The van der Waals surface area contributed by atoms with Crippen LogP contribution in [0.15, 0.2) is 12.2 Å². The van der Waals surface area contributed by atoms with Crippen molar-refractivity contribution < 1.29 is 28.6 Å². The molecule has 0 aliphatic carbocycles. The highest BCUT2D eigenvalue weighted by molar-refractivity contribution is 5.71. The van der Waals surface area contributed by atoms with Crippen LogP contribution in [0.5, 0.6) is 0 Å². The first-order valence-corrected chi connectivity index (χ1v) is 21.2. The molecule has 0 radical (unpaired) electrons. The van der Waals surface area contributed by atoms with Crippen LogP contribution < -0.4 is 0 Å². The predicted molar refractivity (Wildman–Crippen MR) is 206 cm³/mol. The van der Waals surface area contributed by atoms with Gasteiger partial charge in [-0.25, -0.2) is 0 Å². The first-order chi connectivity index (χ1) is 24.0. The van der Waals surface area contributed by atoms with Crippen molar-refractivity contribution in [3.05, 3.63) is 12.2 Å². The number of carbonyl (C=O) groups is 3. The zero-order valence-corrected chi connectivity index (χ0v) is 32.7. The van der Waals surface area contributed by atoms with Crippen molar-refractivity contribution >= 4 is 17.9 Å². The summed E-state index contributed by atoms with van der Waals surface area (Å²) in [5.74, 6) is -0.904. The first kappa shape index (κ1) is 47.1. The normalized spacial score (nSPS) is 12.0. The minimum Gasteiger partial charge on any atom is -0.462 e. The predicted octanol–water partition coefficient (Wildman–Crippen LogP) is 13.1. The topological polar surface area (TPSA) is 78.9 Å². The molecule has 0 heterocycles. The Balaban J connectivity index is 4.13. The molecule has 0 aromatic carbocycles. The second-order valence-electron chi connectivity index (χ2n) is 14.3. The lowest BCUT2D eigenvalue weighted by molar-refractivity contribution is -0.167. The van der Waals surface area contributed by atoms with Gasteiger partial charge in [0, 0.05) is 19.3 Å². The number of unbranched alkanes of at least 4 members (excludes halogenated alkanes) is 25. The maximum atomic E-state index is 12.6. The van der Waals surface area contributed by atoms with E-state index in [2.05, 4.69) is 32.9 Å². The van der Waals surface area contributed by atoms with Crippen LogP contribution >= 0.6 is 0 Å². The van der Waals surface area contributed by atoms with Crippen molar-refractivity contribution in [1.82, 2.24) is 0 Å². The quantitative estimate of drug-likeness (QED) is 0.0277. The zero-order chi connectivity index (χ0) is 35.9. The van der Waals surface area contributed by atoms with E-state index in [9.17, 15) is 14.4 Å². The SMILES string of the molecule is CCCCCCCC/C=C\CCCCCCCC(=O)OCC(COC(=O)CCCCC)OC(=O)CCCCCCCCCCCCCCC. The minimum absolute atomic E-state index is 0.0729. The molecule has 1 unspecified atom stereocenters. The van der Waals surface area contributed by atoms with Crippen LogP contribution in [0.3, 0.4) is 0 Å². The van der Waals surface area contributed by atoms with Crippen molar-refractivity contribution in [2.75, 3.05) is 13.2 Å². The Morgan fingerprint density at radius 3 is 1.06 bits per heavy atom. The largest absolute Gasteiger partial charge is 0.462 e. The van der Waals surface area contributed by atoms with Gasteiger partial charge in [0.05, 0.1) is 0 Å². The lowest BCUT2D eigenvalue weighted by Gasteiger charge is -2.18. The van der Waals surface area contributed by atoms with Crippen molar-refractivity contribution in [1.29, 1.82) is 0 Å². The van der Waals surface area contributed by atoms with Crippen LogP contribution in [-0.2, 0) is 28.6 Å². The van der Waals surface area contributed by atoms with E-state index in [1.165, 1.54) is 122 Å². The van der Waals surface area contributed by atoms with Gasteiger partial charge in [-0.3, -0.25) is 14.4 Å². The summed E-state index contributed by atoms with van der Waals surface area (Å²) in [7, 11) is 0. The number of esters is 3. The number of allylic oxidation sites excluding steroid dienone is 2. The Labute approximate surface area is 303 Å². The summed E-state index contributed by atoms with van der Waals surface area (Å²) in [6.07, 6.45) is 39.7. The highest BCUT2D eigenvalue weighted by Gasteiger charge is 2.19. The van der Waals surface area contributed by atoms with E-state index < -0.39 is 6.10 Å². The third kappa shape index (κ3) is 37.2. The number of ether oxygens (including phenoxy) is 3. The molecule has 288 valence electrons. The summed E-state index contributed by atoms with van der Waals surface area (Å²) in [6.45, 7) is 6.46. The maximum absolute atomic E-state index is 12.6. The molecule has 6 nitrogen and oxygen atoms in total. The number of rotatable bonds is 38. The van der Waals surface area contributed by atoms with Gasteiger partial charge in [-0.05, 0) is 44.9 Å². The molecule has 0 aromatic rings. The number of hydrogen-bond donors (Lipinski definition) is 0. The third-order valence-electron chi connectivity index (χ3n) is 9.27. The van der Waals surface area contributed by atoms with Crippen LogP contribution in [-0.4, -0.2) is 37.2 Å². The molecule has 0 N–H and O–H groups in total. The lowest BCUT2D eigenvalue weighted by atomic mass is 10.0. The second-order valence-corrected chi connectivity index (χ2v) is 14.3. The highest BCUT2D eigenvalue weighted by atomic mass is 16.6. The van der Waals surface area contributed by atoms with Gasteiger partial charge in [0.2, 0.25) is 0 Å². The molecule has 0 spiro atoms. The molecular weight excluding hydrogens is 612 g/mol. The third-order valence-corrected chi connectivity index (χ3v) is 9.27. The molecule has 49 heavy (non-hydrogen) atoms. The Hall–Kier alpha value is -1.85. The average molecular weight is 693 g/mol. The molecule has 0 saturated heterocycles. The molecule has 0 aliphatic rings. The Bertz CT molecular complexity index is 763. The van der Waals surface area contributed by atoms with Crippen LogP contribution in [0.1, 0.15) is 226 Å². The summed E-state index contributed by atoms with van der Waals surface area (Å²) < 4.78 is 16.5. The molecule has 0 amide bonds. The molecule has 0 saturated carbocycles. The molecule has 0 rings (SSSR count). The Morgan fingerprint density at radius 2 is 0.673 bits per heavy atom. The summed E-state index contributed by atoms with van der Waals surface area (Å²) in [6, 6.07) is 0. The van der Waals surface area contributed by atoms with E-state index in [1.54, 1.807) is 0 Å². The van der Waals surface area contributed by atoms with E-state index in [1.807, 2.05) is 0 Å². The van der Waals surface area contributed by atoms with Crippen LogP contribution in [0, 0.1) is 0 Å². The average Bonchev–Trinajstić information content (AvgIpc) is 3.09. The van der Waals surface area contributed by atoms with E-state index >= 15 is 0 Å². The van der Waals surface area contributed by atoms with Crippen molar-refractivity contribution in [2.45, 2.75) is 232 Å². The first-order valence-electron chi connectivity index (χ1n) is 21.2. The fourth-order valence-corrected chi connectivity index (χ4v) is 6.02. The Morgan fingerprint density at radius 1 is 0.388 bits per heavy atom. The number of carbonyl (C=O) groups excluding carboxylic acids is 3. The molecule has 0 fully saturated rings. The van der Waals surface area contributed by atoms with Gasteiger partial charge in [0.15, 0.2) is 6.10 Å². The summed E-state index contributed by atoms with van der Waals surface area (Å²) in [5.41, 5.74) is 0. The second kappa shape index (κ2) is 38.9. The number of hydrogen-bond acceptors (Lipinski definition) is 6. The summed E-state index contributed by atoms with van der Waals surface area (Å²) >= 11 is 0. The monoisotopic (exact) mass is 693 g/mol. The van der Waals surface area contributed by atoms with E-state index in [0.717, 1.165) is 64.2 Å². The van der Waals surface area contributed by atoms with Crippen LogP contribution in [0.25, 0.3) is 0 Å². The molecule has 0 bridgehead atoms. The van der Waals surface area contributed by atoms with E-state index in [-0.39, 0.29) is 31.1 Å². The fourth-order valence-electron chi connectivity index (χ4n) is 6.02. The summed E-state index contributed by atoms with van der Waals surface area (Å²) in [4.78, 5) is 37.1. The van der Waals surface area contributed by atoms with Gasteiger partial charge >= 0.3 is 17.9 Å². The summed E-state index contributed by atoms with van der Waals surface area (Å²) in [5, 5.41) is 0. The molecule has 0 aliphatic heterocycles. The fraction of sp³-hybridized carbons (Fsp3) is 0.884. The lowest BCUT2D eigenvalue weighted by Crippen LogP contribution is -2.30. The van der Waals surface area contributed by atoms with Gasteiger partial charge in [0.1, 0.15) is 13.2 Å². The zero-order valence-electron chi connectivity index (χ0n) is 32.7. The van der Waals surface area contributed by atoms with Crippen LogP contribution in [0.2, 0.25) is 0 Å². The van der Waals surface area contributed by atoms with Crippen LogP contribution in [0.4, 0.5) is 0 Å². The smallest absolute Gasteiger partial charge is 0.306 e.